The van der Waals surface area contributed by atoms with Crippen LogP contribution in [-0.2, 0) is 20.4 Å². The third-order valence-corrected chi connectivity index (χ3v) is 34.6. The zero-order valence-corrected chi connectivity index (χ0v) is 73.7. The summed E-state index contributed by atoms with van der Waals surface area (Å²) in [7, 11) is -2.98. The van der Waals surface area contributed by atoms with Crippen molar-refractivity contribution < 1.29 is 20.4 Å². The number of fused-ring (bicyclic) bond motifs is 12. The van der Waals surface area contributed by atoms with E-state index in [4.69, 9.17) is 0 Å². The molecule has 24 rings (SSSR count). The van der Waals surface area contributed by atoms with Gasteiger partial charge in [0, 0.05) is 20.4 Å². The summed E-state index contributed by atoms with van der Waals surface area (Å²) < 4.78 is 0. The van der Waals surface area contributed by atoms with E-state index >= 15 is 0 Å². The number of rotatable bonds is 12. The molecule has 0 radical (unpaired) electrons. The third-order valence-electron chi connectivity index (χ3n) is 24.1. The first kappa shape index (κ1) is 80.2. The fourth-order valence-electron chi connectivity index (χ4n) is 18.4. The first-order valence-electron chi connectivity index (χ1n) is 42.5. The van der Waals surface area contributed by atoms with Crippen LogP contribution in [0.15, 0.2) is 510 Å². The van der Waals surface area contributed by atoms with Crippen molar-refractivity contribution in [2.24, 2.45) is 0 Å². The molecule has 24 aromatic carbocycles. The minimum atomic E-state index is -0.745. The van der Waals surface area contributed by atoms with Crippen molar-refractivity contribution in [2.75, 3.05) is 0 Å². The average Bonchev–Trinajstić information content (AvgIpc) is 0.766. The van der Waals surface area contributed by atoms with E-state index in [2.05, 4.69) is 510 Å². The van der Waals surface area contributed by atoms with E-state index < -0.39 is 31.7 Å². The van der Waals surface area contributed by atoms with Gasteiger partial charge in [0.1, 0.15) is 0 Å². The van der Waals surface area contributed by atoms with Gasteiger partial charge in [-0.05, 0) is 225 Å². The number of hydrogen-bond acceptors (Lipinski definition) is 0. The van der Waals surface area contributed by atoms with Crippen LogP contribution in [0.4, 0.5) is 0 Å². The summed E-state index contributed by atoms with van der Waals surface area (Å²) >= 11 is 0. The molecule has 24 aromatic rings. The maximum Gasteiger partial charge on any atom is 0 e. The average molecular weight is 1760 g/mol. The Morgan fingerprint density at radius 3 is 0.240 bits per heavy atom. The monoisotopic (exact) mass is 1750 g/mol. The van der Waals surface area contributed by atoms with Crippen LogP contribution in [0.1, 0.15) is 0 Å². The Balaban J connectivity index is 0.000000105. The predicted octanol–water partition coefficient (Wildman–Crippen LogP) is 27.6. The van der Waals surface area contributed by atoms with Gasteiger partial charge in [-0.2, -0.15) is 0 Å². The van der Waals surface area contributed by atoms with E-state index in [1.807, 2.05) is 0 Å². The summed E-state index contributed by atoms with van der Waals surface area (Å²) in [5, 5.41) is 48.7. The number of hydrogen-bond donors (Lipinski definition) is 0. The fraction of sp³-hybridized carbons (Fsp3) is 0. The van der Waals surface area contributed by atoms with Crippen LogP contribution >= 0.6 is 31.7 Å². The van der Waals surface area contributed by atoms with Gasteiger partial charge < -0.3 is 0 Å². The normalized spacial score (nSPS) is 11.4. The second kappa shape index (κ2) is 36.7. The van der Waals surface area contributed by atoms with E-state index in [1.165, 1.54) is 193 Å². The molecule has 0 aromatic heterocycles. The first-order valence-corrected chi connectivity index (χ1v) is 47.9. The smallest absolute Gasteiger partial charge is 0 e. The van der Waals surface area contributed by atoms with Gasteiger partial charge in [0.15, 0.2) is 0 Å². The summed E-state index contributed by atoms with van der Waals surface area (Å²) in [4.78, 5) is 0. The van der Waals surface area contributed by atoms with Crippen LogP contribution in [0.2, 0.25) is 0 Å². The summed E-state index contributed by atoms with van der Waals surface area (Å²) in [5.41, 5.74) is 0. The van der Waals surface area contributed by atoms with Gasteiger partial charge in [-0.25, -0.2) is 0 Å². The summed E-state index contributed by atoms with van der Waals surface area (Å²) in [5.74, 6) is 0. The molecule has 0 bridgehead atoms. The Labute approximate surface area is 748 Å². The molecule has 0 unspecified atom stereocenters. The van der Waals surface area contributed by atoms with Crippen molar-refractivity contribution >= 4 is 225 Å². The molecule has 0 aliphatic carbocycles. The zero-order chi connectivity index (χ0) is 82.5. The molecular formula is C120H84P4Pd. The van der Waals surface area contributed by atoms with Crippen molar-refractivity contribution in [3.63, 3.8) is 0 Å². The molecule has 594 valence electrons. The van der Waals surface area contributed by atoms with Gasteiger partial charge in [0.2, 0.25) is 0 Å². The Bertz CT molecular complexity index is 6330. The van der Waals surface area contributed by atoms with Crippen molar-refractivity contribution in [1.29, 1.82) is 0 Å². The summed E-state index contributed by atoms with van der Waals surface area (Å²) in [6, 6.07) is 187. The predicted molar refractivity (Wildman–Crippen MR) is 551 cm³/mol. The van der Waals surface area contributed by atoms with Crippen LogP contribution in [0.25, 0.3) is 129 Å². The molecule has 0 spiro atoms. The maximum atomic E-state index is 2.33. The molecular weight excluding hydrogens is 1670 g/mol. The molecule has 0 saturated carbocycles. The first-order chi connectivity index (χ1) is 61.6. The standard InChI is InChI=1S/4C30H21P.Pd/c4*1-4-16-25-22(10-1)13-7-19-28(25)31(29-20-8-14-23-11-2-5-17-26(23)29)30-21-9-15-24-12-3-6-18-27(24)30;/h4*1-21H;. The number of benzene rings is 24. The molecule has 0 N–H and O–H groups in total. The Kier molecular flexibility index (Phi) is 23.5. The Morgan fingerprint density at radius 1 is 0.0800 bits per heavy atom. The van der Waals surface area contributed by atoms with Crippen LogP contribution < -0.4 is 63.7 Å². The molecule has 5 heteroatoms. The second-order valence-corrected chi connectivity index (χ2v) is 39.8. The van der Waals surface area contributed by atoms with E-state index in [9.17, 15) is 0 Å². The molecule has 0 nitrogen and oxygen atoms in total. The van der Waals surface area contributed by atoms with Gasteiger partial charge in [-0.15, -0.1) is 0 Å². The minimum Gasteiger partial charge on any atom is -0.0616 e. The van der Waals surface area contributed by atoms with E-state index in [1.54, 1.807) is 0 Å². The Morgan fingerprint density at radius 2 is 0.152 bits per heavy atom. The second-order valence-electron chi connectivity index (χ2n) is 31.3. The van der Waals surface area contributed by atoms with Crippen LogP contribution in [-0.4, -0.2) is 0 Å². The van der Waals surface area contributed by atoms with Crippen LogP contribution in [0, 0.1) is 0 Å². The van der Waals surface area contributed by atoms with Gasteiger partial charge >= 0.3 is 0 Å². The maximum absolute atomic E-state index is 2.33. The van der Waals surface area contributed by atoms with Crippen LogP contribution in [0.5, 0.6) is 0 Å². The van der Waals surface area contributed by atoms with Gasteiger partial charge in [-0.3, -0.25) is 0 Å². The fourth-order valence-corrected chi connectivity index (χ4v) is 29.7. The molecule has 125 heavy (non-hydrogen) atoms. The van der Waals surface area contributed by atoms with Gasteiger partial charge in [0.25, 0.3) is 0 Å². The minimum absolute atomic E-state index is 0. The van der Waals surface area contributed by atoms with Crippen molar-refractivity contribution in [3.05, 3.63) is 510 Å². The molecule has 0 saturated heterocycles. The largest absolute Gasteiger partial charge is 0.0616 e. The third kappa shape index (κ3) is 15.9. The Hall–Kier alpha value is -13.2. The summed E-state index contributed by atoms with van der Waals surface area (Å²) in [6.07, 6.45) is 0. The molecule has 0 amide bonds. The van der Waals surface area contributed by atoms with Crippen molar-refractivity contribution in [1.82, 2.24) is 0 Å². The van der Waals surface area contributed by atoms with Crippen molar-refractivity contribution in [2.45, 2.75) is 0 Å². The molecule has 0 atom stereocenters. The quantitative estimate of drug-likeness (QED) is 0.0845. The topological polar surface area (TPSA) is 0 Å². The summed E-state index contributed by atoms with van der Waals surface area (Å²) in [6.45, 7) is 0. The molecule has 0 aliphatic rings. The van der Waals surface area contributed by atoms with Gasteiger partial charge in [-0.1, -0.05) is 510 Å². The van der Waals surface area contributed by atoms with E-state index in [0.717, 1.165) is 0 Å². The van der Waals surface area contributed by atoms with E-state index in [0.29, 0.717) is 0 Å². The SMILES string of the molecule is [Pd].c1ccc2c(P(c3cccc4ccccc34)c3cccc4ccccc34)cccc2c1.c1ccc2c(P(c3cccc4ccccc34)c3cccc4ccccc34)cccc2c1.c1ccc2c(P(c3cccc4ccccc34)c3cccc4ccccc34)cccc2c1.c1ccc2c(P(c3cccc4ccccc34)c3cccc4ccccc34)cccc2c1. The van der Waals surface area contributed by atoms with Gasteiger partial charge in [0.05, 0.1) is 0 Å². The molecule has 0 fully saturated rings. The van der Waals surface area contributed by atoms with Crippen molar-refractivity contribution in [3.8, 4) is 0 Å². The zero-order valence-electron chi connectivity index (χ0n) is 68.6. The molecule has 0 heterocycles. The molecule has 0 aliphatic heterocycles. The van der Waals surface area contributed by atoms with Crippen LogP contribution in [0.3, 0.4) is 0 Å². The van der Waals surface area contributed by atoms with E-state index in [-0.39, 0.29) is 20.4 Å².